The lowest BCUT2D eigenvalue weighted by Gasteiger charge is -2.28. The molecule has 8 rings (SSSR count). The second-order valence-electron chi connectivity index (χ2n) is 13.9. The molecule has 0 saturated carbocycles. The number of hydrogen-bond donors (Lipinski definition) is 11. The number of imidazole rings is 2. The molecule has 5 aromatic heterocycles. The van der Waals surface area contributed by atoms with Crippen molar-refractivity contribution >= 4 is 49.7 Å². The minimum absolute atomic E-state index is 0.0211. The summed E-state index contributed by atoms with van der Waals surface area (Å²) in [6.45, 7) is -2.92. The number of aliphatic hydroxyl groups excluding tert-OH is 5. The maximum atomic E-state index is 13.7. The van der Waals surface area contributed by atoms with Crippen LogP contribution in [-0.2, 0) is 41.4 Å². The van der Waals surface area contributed by atoms with Crippen LogP contribution in [0.5, 0.6) is 0 Å². The number of hydrogen-bond acceptors (Lipinski definition) is 24. The largest absolute Gasteiger partial charge is 0.472 e. The first kappa shape index (κ1) is 43.7. The topological polar surface area (TPSA) is 454 Å². The van der Waals surface area contributed by atoms with E-state index in [2.05, 4.69) is 29.9 Å². The fourth-order valence-electron chi connectivity index (χ4n) is 7.03. The number of fused-ring (bicyclic) bond motifs is 2. The van der Waals surface area contributed by atoms with Gasteiger partial charge in [0.1, 0.15) is 66.8 Å². The number of aromatic nitrogens is 10. The molecule has 3 saturated heterocycles. The molecule has 13 N–H and O–H groups in total. The Labute approximate surface area is 342 Å². The van der Waals surface area contributed by atoms with Crippen molar-refractivity contribution in [2.75, 3.05) is 31.3 Å². The summed E-state index contributed by atoms with van der Waals surface area (Å²) in [6.07, 6.45) is -16.5. The molecule has 14 atom stereocenters. The number of nitrogen functional groups attached to an aromatic ring is 2. The highest BCUT2D eigenvalue weighted by Crippen LogP contribution is 2.54. The molecule has 5 aromatic rings. The molecule has 0 amide bonds. The van der Waals surface area contributed by atoms with Gasteiger partial charge >= 0.3 is 21.3 Å². The fourth-order valence-corrected chi connectivity index (χ4v) is 8.92. The smallest absolute Gasteiger partial charge is 0.394 e. The molecular weight excluding hydrogens is 882 g/mol. The number of nitrogens with one attached hydrogen (secondary N) is 2. The maximum absolute atomic E-state index is 13.7. The molecule has 31 nitrogen and oxygen atoms in total. The lowest BCUT2D eigenvalue weighted by atomic mass is 10.1. The highest BCUT2D eigenvalue weighted by Gasteiger charge is 2.54. The molecule has 3 aliphatic heterocycles. The zero-order valence-electron chi connectivity index (χ0n) is 31.1. The van der Waals surface area contributed by atoms with Crippen LogP contribution in [0.1, 0.15) is 18.7 Å². The van der Waals surface area contributed by atoms with Gasteiger partial charge in [0, 0.05) is 12.3 Å². The zero-order valence-corrected chi connectivity index (χ0v) is 32.9. The molecular formula is C29H36N12O19P2. The van der Waals surface area contributed by atoms with Gasteiger partial charge in [0.05, 0.1) is 32.5 Å². The lowest BCUT2D eigenvalue weighted by Crippen LogP contribution is -2.38. The van der Waals surface area contributed by atoms with Crippen LogP contribution in [0.2, 0.25) is 0 Å². The first-order chi connectivity index (χ1) is 29.4. The van der Waals surface area contributed by atoms with Crippen molar-refractivity contribution in [2.45, 2.75) is 73.6 Å². The second kappa shape index (κ2) is 16.7. The first-order valence-corrected chi connectivity index (χ1v) is 20.9. The van der Waals surface area contributed by atoms with E-state index >= 15 is 0 Å². The van der Waals surface area contributed by atoms with Crippen molar-refractivity contribution < 1.29 is 76.8 Å². The van der Waals surface area contributed by atoms with Gasteiger partial charge in [0.25, 0.3) is 11.1 Å². The van der Waals surface area contributed by atoms with Gasteiger partial charge in [0.2, 0.25) is 5.95 Å². The highest BCUT2D eigenvalue weighted by atomic mass is 31.2. The van der Waals surface area contributed by atoms with Crippen molar-refractivity contribution in [1.29, 1.82) is 0 Å². The third-order valence-electron chi connectivity index (χ3n) is 9.96. The number of phosphoric ester groups is 2. The molecule has 3 aliphatic rings. The van der Waals surface area contributed by atoms with Gasteiger partial charge in [0.15, 0.2) is 41.3 Å². The Balaban J connectivity index is 1.01. The van der Waals surface area contributed by atoms with Gasteiger partial charge in [-0.2, -0.15) is 4.98 Å². The second-order valence-corrected chi connectivity index (χ2v) is 16.7. The Morgan fingerprint density at radius 1 is 0.710 bits per heavy atom. The summed E-state index contributed by atoms with van der Waals surface area (Å²) < 4.78 is 68.3. The van der Waals surface area contributed by atoms with Crippen molar-refractivity contribution in [3.8, 4) is 0 Å². The van der Waals surface area contributed by atoms with Crippen molar-refractivity contribution in [2.24, 2.45) is 0 Å². The first-order valence-electron chi connectivity index (χ1n) is 17.9. The average molecular weight is 919 g/mol. The zero-order chi connectivity index (χ0) is 44.4. The van der Waals surface area contributed by atoms with Gasteiger partial charge in [-0.3, -0.25) is 51.4 Å². The third kappa shape index (κ3) is 8.21. The lowest BCUT2D eigenvalue weighted by molar-refractivity contribution is -0.0621. The van der Waals surface area contributed by atoms with Crippen LogP contribution in [-0.4, -0.2) is 159 Å². The van der Waals surface area contributed by atoms with Crippen molar-refractivity contribution in [3.63, 3.8) is 0 Å². The van der Waals surface area contributed by atoms with Gasteiger partial charge in [-0.05, 0) is 0 Å². The number of nitrogens with zero attached hydrogens (tertiary/aromatic N) is 8. The summed E-state index contributed by atoms with van der Waals surface area (Å²) in [5.41, 5.74) is 8.75. The number of H-pyrrole nitrogens is 2. The van der Waals surface area contributed by atoms with Crippen LogP contribution in [0.25, 0.3) is 22.3 Å². The third-order valence-corrected chi connectivity index (χ3v) is 11.9. The highest BCUT2D eigenvalue weighted by molar-refractivity contribution is 7.47. The number of anilines is 2. The molecule has 2 unspecified atom stereocenters. The fraction of sp³-hybridized carbons (Fsp3) is 0.517. The number of ether oxygens (including phenoxy) is 3. The Kier molecular flexibility index (Phi) is 11.7. The standard InChI is InChI=1S/C29H36N12O19P2/c30-21-13-22(33-6-32-21)40(7-34-13)27-20(60-62(52,53)55-5-11-16(45)18(47)26(58-11)41-8-35-14-23(41)37-28(31)38-24(14)48)19(9(3-42)56-27)59-61(50,51)54-4-10-15(44)17(46)25(57-10)39-2-1-12(43)36-29(39)49/h1-2,6-11,15-20,25-27,42,44-47H,3-5H2,(H,50,51)(H,52,53)(H2,30,32,33)(H,36,43,49)(H3,31,37,38,48)/t9-,10-,11-,15-,16-,17-,18-,19-,20-,25-,26-,27-/m1/s1. The number of aromatic amines is 2. The van der Waals surface area contributed by atoms with Crippen LogP contribution >= 0.6 is 15.6 Å². The molecule has 0 aliphatic carbocycles. The average Bonchev–Trinajstić information content (AvgIpc) is 4.02. The maximum Gasteiger partial charge on any atom is 0.472 e. The van der Waals surface area contributed by atoms with E-state index in [9.17, 15) is 58.8 Å². The van der Waals surface area contributed by atoms with Gasteiger partial charge in [-0.15, -0.1) is 0 Å². The molecule has 3 fully saturated rings. The molecule has 33 heteroatoms. The van der Waals surface area contributed by atoms with E-state index in [-0.39, 0.29) is 34.1 Å². The Hall–Kier alpha value is -4.92. The molecule has 336 valence electrons. The van der Waals surface area contributed by atoms with E-state index in [0.29, 0.717) is 0 Å². The monoisotopic (exact) mass is 918 g/mol. The van der Waals surface area contributed by atoms with E-state index < -0.39 is 126 Å². The van der Waals surface area contributed by atoms with E-state index in [1.165, 1.54) is 0 Å². The van der Waals surface area contributed by atoms with Crippen LogP contribution in [0.15, 0.2) is 45.6 Å². The Bertz CT molecular complexity index is 2750. The van der Waals surface area contributed by atoms with Crippen LogP contribution in [0.4, 0.5) is 11.8 Å². The molecule has 0 spiro atoms. The summed E-state index contributed by atoms with van der Waals surface area (Å²) in [5.74, 6) is -0.392. The minimum Gasteiger partial charge on any atom is -0.394 e. The minimum atomic E-state index is -5.45. The summed E-state index contributed by atoms with van der Waals surface area (Å²) in [4.78, 5) is 82.1. The Morgan fingerprint density at radius 2 is 1.27 bits per heavy atom. The van der Waals surface area contributed by atoms with E-state index in [1.807, 2.05) is 4.98 Å². The van der Waals surface area contributed by atoms with Crippen molar-refractivity contribution in [1.82, 2.24) is 48.6 Å². The number of aliphatic hydroxyl groups is 5. The molecule has 8 heterocycles. The molecule has 0 aromatic carbocycles. The van der Waals surface area contributed by atoms with E-state index in [1.54, 1.807) is 0 Å². The quantitative estimate of drug-likeness (QED) is 0.0464. The van der Waals surface area contributed by atoms with Gasteiger partial charge < -0.3 is 61.0 Å². The summed E-state index contributed by atoms with van der Waals surface area (Å²) >= 11 is 0. The number of nitrogens with two attached hydrogens (primary N) is 2. The van der Waals surface area contributed by atoms with Gasteiger partial charge in [-0.1, -0.05) is 0 Å². The summed E-state index contributed by atoms with van der Waals surface area (Å²) in [7, 11) is -10.9. The predicted octanol–water partition coefficient (Wildman–Crippen LogP) is -5.19. The van der Waals surface area contributed by atoms with Gasteiger partial charge in [-0.25, -0.2) is 33.9 Å². The van der Waals surface area contributed by atoms with Crippen LogP contribution in [0.3, 0.4) is 0 Å². The summed E-state index contributed by atoms with van der Waals surface area (Å²) in [5, 5.41) is 53.1. The molecule has 0 radical (unpaired) electrons. The van der Waals surface area contributed by atoms with Crippen molar-refractivity contribution in [3.05, 3.63) is 62.4 Å². The number of rotatable bonds is 14. The van der Waals surface area contributed by atoms with Crippen LogP contribution in [0, 0.1) is 0 Å². The molecule has 0 bridgehead atoms. The van der Waals surface area contributed by atoms with Crippen LogP contribution < -0.4 is 28.3 Å². The predicted molar refractivity (Wildman–Crippen MR) is 198 cm³/mol. The normalized spacial score (nSPS) is 32.1. The SMILES string of the molecule is Nc1nc2c(ncn2[C@@H]2O[C@H](COP(=O)(O)O[C@@H]3[C@H](OP(=O)(O)OC[C@H]4O[C@@H](n5ccc(=O)[nH]c5=O)[C@H](O)[C@@H]4O)[C@@H](CO)O[C@H]3n3cnc4c(N)ncnc43)[C@@H](O)[C@H]2O)c(=O)[nH]1. The molecule has 62 heavy (non-hydrogen) atoms. The Morgan fingerprint density at radius 3 is 1.89 bits per heavy atom. The number of phosphoric acid groups is 2. The summed E-state index contributed by atoms with van der Waals surface area (Å²) in [6, 6.07) is 0.942. The van der Waals surface area contributed by atoms with E-state index in [0.717, 1.165) is 44.9 Å². The van der Waals surface area contributed by atoms with E-state index in [4.69, 9.17) is 43.8 Å².